The molecular formula is C18H23ClN2O2. The van der Waals surface area contributed by atoms with Crippen LogP contribution in [0.1, 0.15) is 48.2 Å². The molecule has 1 saturated heterocycles. The van der Waals surface area contributed by atoms with Gasteiger partial charge in [-0.25, -0.2) is 0 Å². The first-order chi connectivity index (χ1) is 10.8. The molecule has 1 fully saturated rings. The first kappa shape index (κ1) is 17.7. The van der Waals surface area contributed by atoms with Crippen LogP contribution in [0.5, 0.6) is 0 Å². The molecule has 0 amide bonds. The fourth-order valence-electron chi connectivity index (χ4n) is 3.13. The van der Waals surface area contributed by atoms with Crippen molar-refractivity contribution in [2.45, 2.75) is 45.1 Å². The van der Waals surface area contributed by atoms with Crippen LogP contribution in [0.4, 0.5) is 0 Å². The van der Waals surface area contributed by atoms with Crippen molar-refractivity contribution >= 4 is 18.2 Å². The second kappa shape index (κ2) is 8.27. The number of benzene rings is 1. The molecule has 1 N–H and O–H groups in total. The average molecular weight is 335 g/mol. The molecule has 23 heavy (non-hydrogen) atoms. The molecule has 5 heteroatoms. The zero-order valence-electron chi connectivity index (χ0n) is 13.4. The van der Waals surface area contributed by atoms with Gasteiger partial charge in [-0.15, -0.1) is 12.4 Å². The molecule has 0 bridgehead atoms. The number of nitrogens with zero attached hydrogens (tertiary/aromatic N) is 1. The Morgan fingerprint density at radius 3 is 2.83 bits per heavy atom. The number of ketones is 1. The Kier molecular flexibility index (Phi) is 6.37. The van der Waals surface area contributed by atoms with Gasteiger partial charge in [0.05, 0.1) is 5.56 Å². The van der Waals surface area contributed by atoms with E-state index in [0.717, 1.165) is 24.9 Å². The predicted molar refractivity (Wildman–Crippen MR) is 93.1 cm³/mol. The third kappa shape index (κ3) is 4.21. The number of carbonyl (C=O) groups is 1. The normalized spacial score (nSPS) is 17.0. The maximum absolute atomic E-state index is 12.6. The average Bonchev–Trinajstić information content (AvgIpc) is 3.17. The maximum Gasteiger partial charge on any atom is 0.168 e. The molecule has 0 aliphatic carbocycles. The Bertz CT molecular complexity index is 634. The lowest BCUT2D eigenvalue weighted by atomic mass is 9.98. The summed E-state index contributed by atoms with van der Waals surface area (Å²) in [6, 6.07) is 10.3. The van der Waals surface area contributed by atoms with Crippen molar-refractivity contribution < 1.29 is 9.32 Å². The van der Waals surface area contributed by atoms with Crippen LogP contribution >= 0.6 is 12.4 Å². The number of carbonyl (C=O) groups excluding carboxylic acids is 1. The summed E-state index contributed by atoms with van der Waals surface area (Å²) >= 11 is 0. The molecule has 3 rings (SSSR count). The Labute approximate surface area is 143 Å². The number of hydrogen-bond acceptors (Lipinski definition) is 4. The number of rotatable bonds is 6. The Morgan fingerprint density at radius 2 is 2.13 bits per heavy atom. The lowest BCUT2D eigenvalue weighted by Crippen LogP contribution is -2.21. The molecule has 0 spiro atoms. The second-order valence-electron chi connectivity index (χ2n) is 5.94. The van der Waals surface area contributed by atoms with E-state index < -0.39 is 0 Å². The van der Waals surface area contributed by atoms with Crippen molar-refractivity contribution in [3.8, 4) is 11.3 Å². The molecule has 4 nitrogen and oxygen atoms in total. The third-order valence-corrected chi connectivity index (χ3v) is 4.31. The number of nitrogens with one attached hydrogen (secondary N) is 1. The monoisotopic (exact) mass is 334 g/mol. The number of aromatic nitrogens is 1. The van der Waals surface area contributed by atoms with Crippen LogP contribution in [-0.4, -0.2) is 23.5 Å². The van der Waals surface area contributed by atoms with Gasteiger partial charge in [-0.2, -0.15) is 0 Å². The van der Waals surface area contributed by atoms with E-state index in [1.165, 1.54) is 12.8 Å². The van der Waals surface area contributed by atoms with Crippen LogP contribution in [0.2, 0.25) is 0 Å². The van der Waals surface area contributed by atoms with Crippen molar-refractivity contribution in [1.82, 2.24) is 10.5 Å². The summed E-state index contributed by atoms with van der Waals surface area (Å²) in [4.78, 5) is 12.6. The van der Waals surface area contributed by atoms with Crippen LogP contribution in [0.25, 0.3) is 11.3 Å². The summed E-state index contributed by atoms with van der Waals surface area (Å²) < 4.78 is 5.27. The van der Waals surface area contributed by atoms with Gasteiger partial charge in [-0.05, 0) is 39.2 Å². The zero-order valence-corrected chi connectivity index (χ0v) is 14.2. The van der Waals surface area contributed by atoms with E-state index in [4.69, 9.17) is 4.52 Å². The van der Waals surface area contributed by atoms with Crippen LogP contribution in [0.15, 0.2) is 34.9 Å². The van der Waals surface area contributed by atoms with Crippen molar-refractivity contribution in [2.75, 3.05) is 6.54 Å². The van der Waals surface area contributed by atoms with E-state index in [2.05, 4.69) is 10.5 Å². The number of aryl methyl sites for hydroxylation is 1. The van der Waals surface area contributed by atoms with Gasteiger partial charge >= 0.3 is 0 Å². The Balaban J connectivity index is 0.00000192. The highest BCUT2D eigenvalue weighted by Crippen LogP contribution is 2.27. The summed E-state index contributed by atoms with van der Waals surface area (Å²) in [6.07, 6.45) is 5.02. The van der Waals surface area contributed by atoms with Crippen LogP contribution < -0.4 is 5.32 Å². The molecule has 1 aromatic carbocycles. The molecule has 1 atom stereocenters. The fourth-order valence-corrected chi connectivity index (χ4v) is 3.13. The van der Waals surface area contributed by atoms with E-state index in [9.17, 15) is 4.79 Å². The summed E-state index contributed by atoms with van der Waals surface area (Å²) in [5.41, 5.74) is 2.24. The minimum absolute atomic E-state index is 0. The molecule has 1 aliphatic heterocycles. The predicted octanol–water partition coefficient (Wildman–Crippen LogP) is 4.18. The number of Topliss-reactive ketones (excluding diaryl/α,β-unsaturated/α-hetero) is 1. The van der Waals surface area contributed by atoms with Gasteiger partial charge < -0.3 is 9.84 Å². The summed E-state index contributed by atoms with van der Waals surface area (Å²) in [7, 11) is 0. The fraction of sp³-hybridized carbons (Fsp3) is 0.444. The molecule has 2 aromatic rings. The van der Waals surface area contributed by atoms with Crippen LogP contribution in [-0.2, 0) is 0 Å². The molecule has 0 radical (unpaired) electrons. The highest BCUT2D eigenvalue weighted by Gasteiger charge is 2.21. The standard InChI is InChI=1S/C18H22N2O2.ClH/c1-13-17(16(21)11-5-9-15-10-6-12-19-15)18(20-22-13)14-7-3-2-4-8-14;/h2-4,7-8,15,19H,5-6,9-12H2,1H3;1H. The van der Waals surface area contributed by atoms with Crippen molar-refractivity contribution in [2.24, 2.45) is 0 Å². The lowest BCUT2D eigenvalue weighted by Gasteiger charge is -2.09. The van der Waals surface area contributed by atoms with Gasteiger partial charge in [0.15, 0.2) is 5.78 Å². The van der Waals surface area contributed by atoms with Crippen LogP contribution in [0, 0.1) is 6.92 Å². The molecule has 2 heterocycles. The molecule has 0 saturated carbocycles. The van der Waals surface area contributed by atoms with E-state index in [-0.39, 0.29) is 18.2 Å². The SMILES string of the molecule is Cc1onc(-c2ccccc2)c1C(=O)CCCC1CCCN1.Cl. The van der Waals surface area contributed by atoms with E-state index in [1.807, 2.05) is 37.3 Å². The van der Waals surface area contributed by atoms with Gasteiger partial charge in [0.1, 0.15) is 11.5 Å². The van der Waals surface area contributed by atoms with Crippen molar-refractivity contribution in [1.29, 1.82) is 0 Å². The van der Waals surface area contributed by atoms with E-state index in [1.54, 1.807) is 0 Å². The summed E-state index contributed by atoms with van der Waals surface area (Å²) in [5, 5.41) is 7.56. The van der Waals surface area contributed by atoms with Crippen molar-refractivity contribution in [3.05, 3.63) is 41.7 Å². The minimum Gasteiger partial charge on any atom is -0.360 e. The van der Waals surface area contributed by atoms with Gasteiger partial charge in [0, 0.05) is 18.0 Å². The second-order valence-corrected chi connectivity index (χ2v) is 5.94. The Morgan fingerprint density at radius 1 is 1.35 bits per heavy atom. The first-order valence-corrected chi connectivity index (χ1v) is 8.04. The summed E-state index contributed by atoms with van der Waals surface area (Å²) in [6.45, 7) is 2.92. The van der Waals surface area contributed by atoms with Gasteiger partial charge in [0.25, 0.3) is 0 Å². The smallest absolute Gasteiger partial charge is 0.168 e. The number of hydrogen-bond donors (Lipinski definition) is 1. The largest absolute Gasteiger partial charge is 0.360 e. The lowest BCUT2D eigenvalue weighted by molar-refractivity contribution is 0.0977. The molecule has 1 aromatic heterocycles. The number of halogens is 1. The zero-order chi connectivity index (χ0) is 15.4. The highest BCUT2D eigenvalue weighted by atomic mass is 35.5. The van der Waals surface area contributed by atoms with Gasteiger partial charge in [-0.3, -0.25) is 4.79 Å². The molecule has 1 unspecified atom stereocenters. The quantitative estimate of drug-likeness (QED) is 0.805. The van der Waals surface area contributed by atoms with Gasteiger partial charge in [0.2, 0.25) is 0 Å². The minimum atomic E-state index is 0. The van der Waals surface area contributed by atoms with Crippen LogP contribution in [0.3, 0.4) is 0 Å². The van der Waals surface area contributed by atoms with Crippen molar-refractivity contribution in [3.63, 3.8) is 0 Å². The van der Waals surface area contributed by atoms with Gasteiger partial charge in [-0.1, -0.05) is 35.5 Å². The first-order valence-electron chi connectivity index (χ1n) is 8.04. The molecular weight excluding hydrogens is 312 g/mol. The summed E-state index contributed by atoms with van der Waals surface area (Å²) in [5.74, 6) is 0.749. The topological polar surface area (TPSA) is 55.1 Å². The third-order valence-electron chi connectivity index (χ3n) is 4.31. The van der Waals surface area contributed by atoms with E-state index >= 15 is 0 Å². The Hall–Kier alpha value is -1.65. The molecule has 1 aliphatic rings. The van der Waals surface area contributed by atoms with E-state index in [0.29, 0.717) is 29.5 Å². The molecule has 124 valence electrons. The highest BCUT2D eigenvalue weighted by molar-refractivity contribution is 6.02. The maximum atomic E-state index is 12.6.